The summed E-state index contributed by atoms with van der Waals surface area (Å²) in [5.74, 6) is -1.16. The topological polar surface area (TPSA) is 132 Å². The summed E-state index contributed by atoms with van der Waals surface area (Å²) in [5.41, 5.74) is 5.67. The quantitative estimate of drug-likeness (QED) is 0.493. The van der Waals surface area contributed by atoms with Gasteiger partial charge in [-0.1, -0.05) is 0 Å². The van der Waals surface area contributed by atoms with Crippen LogP contribution >= 0.6 is 0 Å². The third-order valence-electron chi connectivity index (χ3n) is 4.69. The zero-order chi connectivity index (χ0) is 24.1. The van der Waals surface area contributed by atoms with Gasteiger partial charge in [-0.3, -0.25) is 9.59 Å². The van der Waals surface area contributed by atoms with Crippen molar-refractivity contribution in [3.05, 3.63) is 40.2 Å². The number of amides is 3. The van der Waals surface area contributed by atoms with Gasteiger partial charge in [0.05, 0.1) is 0 Å². The average molecular weight is 446 g/mol. The second-order valence-electron chi connectivity index (χ2n) is 8.62. The maximum atomic E-state index is 13.2. The highest BCUT2D eigenvalue weighted by Gasteiger charge is 2.35. The van der Waals surface area contributed by atoms with E-state index in [1.165, 1.54) is 19.1 Å². The van der Waals surface area contributed by atoms with Gasteiger partial charge in [-0.2, -0.15) is 0 Å². The van der Waals surface area contributed by atoms with Gasteiger partial charge in [-0.25, -0.2) is 14.5 Å². The molecule has 1 aromatic heterocycles. The van der Waals surface area contributed by atoms with Gasteiger partial charge >= 0.3 is 11.7 Å². The van der Waals surface area contributed by atoms with Crippen molar-refractivity contribution in [2.75, 3.05) is 11.9 Å². The van der Waals surface area contributed by atoms with Gasteiger partial charge in [0.2, 0.25) is 11.8 Å². The third-order valence-corrected chi connectivity index (χ3v) is 4.69. The van der Waals surface area contributed by atoms with Crippen molar-refractivity contribution in [1.82, 2.24) is 4.90 Å². The fourth-order valence-electron chi connectivity index (χ4n) is 3.27. The molecule has 9 heteroatoms. The number of nitrogens with one attached hydrogen (secondary N) is 1. The number of nitrogens with two attached hydrogens (primary N) is 1. The number of hydrogen-bond acceptors (Lipinski definition) is 7. The summed E-state index contributed by atoms with van der Waals surface area (Å²) in [6.45, 7) is 8.45. The summed E-state index contributed by atoms with van der Waals surface area (Å²) < 4.78 is 10.6. The third kappa shape index (κ3) is 6.65. The molecule has 0 saturated heterocycles. The number of fused-ring (bicyclic) bond motifs is 1. The zero-order valence-electron chi connectivity index (χ0n) is 19.2. The molecule has 1 atom stereocenters. The molecule has 0 fully saturated rings. The lowest BCUT2D eigenvalue weighted by molar-refractivity contribution is -0.136. The first-order valence-corrected chi connectivity index (χ1v) is 10.5. The van der Waals surface area contributed by atoms with Crippen LogP contribution in [0.4, 0.5) is 10.5 Å². The van der Waals surface area contributed by atoms with Crippen molar-refractivity contribution < 1.29 is 23.5 Å². The fourth-order valence-corrected chi connectivity index (χ4v) is 3.27. The molecule has 0 saturated carbocycles. The Morgan fingerprint density at radius 1 is 1.19 bits per heavy atom. The summed E-state index contributed by atoms with van der Waals surface area (Å²) >= 11 is 0. The van der Waals surface area contributed by atoms with Crippen LogP contribution in [0.5, 0.6) is 0 Å². The van der Waals surface area contributed by atoms with Crippen LogP contribution in [0.15, 0.2) is 33.5 Å². The van der Waals surface area contributed by atoms with Gasteiger partial charge in [0.1, 0.15) is 17.2 Å². The van der Waals surface area contributed by atoms with E-state index in [1.54, 1.807) is 39.8 Å². The fraction of sp³-hybridized carbons (Fsp3) is 0.478. The first kappa shape index (κ1) is 25.1. The van der Waals surface area contributed by atoms with Crippen LogP contribution in [0.25, 0.3) is 11.0 Å². The van der Waals surface area contributed by atoms with Crippen LogP contribution in [0, 0.1) is 6.92 Å². The molecule has 0 aliphatic carbocycles. The second kappa shape index (κ2) is 10.4. The number of ether oxygens (including phenoxy) is 1. The van der Waals surface area contributed by atoms with Gasteiger partial charge in [-0.15, -0.1) is 0 Å². The number of nitrogens with zero attached hydrogens (tertiary/aromatic N) is 1. The van der Waals surface area contributed by atoms with E-state index in [0.29, 0.717) is 30.7 Å². The molecule has 1 heterocycles. The molecule has 2 aromatic rings. The van der Waals surface area contributed by atoms with Gasteiger partial charge in [-0.05, 0) is 71.2 Å². The standard InChI is InChI=1S/C23H31N3O6/c1-14-12-20(28)31-19-13-16(9-10-17(14)19)25-21(29)18(8-6-7-11-24)26(15(2)27)22(30)32-23(3,4)5/h9-10,12-13,18H,6-8,11,24H2,1-5H3,(H,25,29)/t18-/m0/s1. The number of carbonyl (C=O) groups excluding carboxylic acids is 3. The maximum absolute atomic E-state index is 13.2. The molecule has 0 aliphatic heterocycles. The minimum atomic E-state index is -1.09. The molecule has 1 aromatic carbocycles. The Labute approximate surface area is 186 Å². The molecule has 0 bridgehead atoms. The van der Waals surface area contributed by atoms with E-state index in [-0.39, 0.29) is 6.42 Å². The molecule has 0 unspecified atom stereocenters. The van der Waals surface area contributed by atoms with Crippen LogP contribution in [0.3, 0.4) is 0 Å². The first-order valence-electron chi connectivity index (χ1n) is 10.5. The molecule has 3 N–H and O–H groups in total. The highest BCUT2D eigenvalue weighted by molar-refractivity contribution is 6.02. The lowest BCUT2D eigenvalue weighted by Gasteiger charge is -2.30. The van der Waals surface area contributed by atoms with Crippen LogP contribution < -0.4 is 16.7 Å². The van der Waals surface area contributed by atoms with Crippen molar-refractivity contribution in [3.63, 3.8) is 0 Å². The first-order chi connectivity index (χ1) is 14.9. The predicted octanol–water partition coefficient (Wildman–Crippen LogP) is 3.32. The smallest absolute Gasteiger partial charge is 0.417 e. The molecule has 174 valence electrons. The van der Waals surface area contributed by atoms with Crippen molar-refractivity contribution in [3.8, 4) is 0 Å². The van der Waals surface area contributed by atoms with Crippen molar-refractivity contribution in [2.45, 2.75) is 65.5 Å². The van der Waals surface area contributed by atoms with Crippen molar-refractivity contribution in [2.24, 2.45) is 5.73 Å². The van der Waals surface area contributed by atoms with Crippen molar-refractivity contribution in [1.29, 1.82) is 0 Å². The molecule has 3 amide bonds. The number of hydrogen-bond donors (Lipinski definition) is 2. The Morgan fingerprint density at radius 2 is 1.88 bits per heavy atom. The normalized spacial score (nSPS) is 12.3. The van der Waals surface area contributed by atoms with Gasteiger partial charge < -0.3 is 20.2 Å². The summed E-state index contributed by atoms with van der Waals surface area (Å²) in [4.78, 5) is 50.7. The van der Waals surface area contributed by atoms with Crippen LogP contribution in [0.1, 0.15) is 52.5 Å². The number of anilines is 1. The number of aryl methyl sites for hydroxylation is 1. The van der Waals surface area contributed by atoms with E-state index in [2.05, 4.69) is 5.32 Å². The minimum Gasteiger partial charge on any atom is -0.443 e. The number of carbonyl (C=O) groups is 3. The van der Waals surface area contributed by atoms with Gasteiger partial charge in [0, 0.05) is 30.1 Å². The monoisotopic (exact) mass is 445 g/mol. The van der Waals surface area contributed by atoms with Crippen LogP contribution in [0.2, 0.25) is 0 Å². The molecular weight excluding hydrogens is 414 g/mol. The minimum absolute atomic E-state index is 0.226. The van der Waals surface area contributed by atoms with Crippen LogP contribution in [-0.4, -0.2) is 41.0 Å². The molecule has 32 heavy (non-hydrogen) atoms. The van der Waals surface area contributed by atoms with Crippen molar-refractivity contribution >= 4 is 34.6 Å². The van der Waals surface area contributed by atoms with E-state index in [0.717, 1.165) is 15.8 Å². The predicted molar refractivity (Wildman–Crippen MR) is 121 cm³/mol. The highest BCUT2D eigenvalue weighted by atomic mass is 16.6. The maximum Gasteiger partial charge on any atom is 0.417 e. The molecular formula is C23H31N3O6. The number of rotatable bonds is 7. The lowest BCUT2D eigenvalue weighted by atomic mass is 10.1. The lowest BCUT2D eigenvalue weighted by Crippen LogP contribution is -2.51. The number of unbranched alkanes of at least 4 members (excludes halogenated alkanes) is 1. The molecule has 0 radical (unpaired) electrons. The van der Waals surface area contributed by atoms with E-state index in [9.17, 15) is 19.2 Å². The SMILES string of the molecule is CC(=O)N(C(=O)OC(C)(C)C)[C@@H](CCCCN)C(=O)Nc1ccc2c(C)cc(=O)oc2c1. The van der Waals surface area contributed by atoms with E-state index < -0.39 is 35.2 Å². The van der Waals surface area contributed by atoms with E-state index in [4.69, 9.17) is 14.9 Å². The van der Waals surface area contributed by atoms with Crippen LogP contribution in [-0.2, 0) is 14.3 Å². The van der Waals surface area contributed by atoms with Gasteiger partial charge in [0.15, 0.2) is 0 Å². The largest absolute Gasteiger partial charge is 0.443 e. The van der Waals surface area contributed by atoms with E-state index >= 15 is 0 Å². The Hall–Kier alpha value is -3.20. The van der Waals surface area contributed by atoms with E-state index in [1.807, 2.05) is 0 Å². The molecule has 0 aliphatic rings. The summed E-state index contributed by atoms with van der Waals surface area (Å²) in [6.07, 6.45) is 0.499. The number of benzene rings is 1. The molecule has 0 spiro atoms. The zero-order valence-corrected chi connectivity index (χ0v) is 19.2. The second-order valence-corrected chi connectivity index (χ2v) is 8.62. The highest BCUT2D eigenvalue weighted by Crippen LogP contribution is 2.22. The Kier molecular flexibility index (Phi) is 8.15. The molecule has 2 rings (SSSR count). The Bertz CT molecular complexity index is 1050. The number of imide groups is 1. The summed E-state index contributed by atoms with van der Waals surface area (Å²) in [7, 11) is 0. The summed E-state index contributed by atoms with van der Waals surface area (Å²) in [6, 6.07) is 5.22. The Balaban J connectivity index is 2.35. The molecule has 9 nitrogen and oxygen atoms in total. The summed E-state index contributed by atoms with van der Waals surface area (Å²) in [5, 5.41) is 3.46. The van der Waals surface area contributed by atoms with Gasteiger partial charge in [0.25, 0.3) is 0 Å². The average Bonchev–Trinajstić information content (AvgIpc) is 2.65. The Morgan fingerprint density at radius 3 is 2.47 bits per heavy atom.